The number of hydrogen-bond acceptors (Lipinski definition) is 2. The molecule has 0 aromatic carbocycles. The molecule has 14 heavy (non-hydrogen) atoms. The Morgan fingerprint density at radius 1 is 1.64 bits per heavy atom. The number of aryl methyl sites for hydroxylation is 1. The quantitative estimate of drug-likeness (QED) is 0.835. The molecule has 0 unspecified atom stereocenters. The van der Waals surface area contributed by atoms with Crippen molar-refractivity contribution in [2.45, 2.75) is 20.3 Å². The Hall–Kier alpha value is -1.09. The summed E-state index contributed by atoms with van der Waals surface area (Å²) in [4.78, 5) is 15.5. The normalized spacial score (nSPS) is 9.93. The van der Waals surface area contributed by atoms with Crippen molar-refractivity contribution in [1.82, 2.24) is 10.3 Å². The van der Waals surface area contributed by atoms with Crippen molar-refractivity contribution in [1.29, 1.82) is 0 Å². The predicted molar refractivity (Wildman–Crippen MR) is 56.6 cm³/mol. The fraction of sp³-hybridized carbons (Fsp3) is 0.400. The van der Waals surface area contributed by atoms with Crippen LogP contribution in [0.15, 0.2) is 12.3 Å². The Morgan fingerprint density at radius 3 is 2.93 bits per heavy atom. The van der Waals surface area contributed by atoms with Crippen LogP contribution in [-0.4, -0.2) is 17.4 Å². The van der Waals surface area contributed by atoms with Crippen LogP contribution in [-0.2, 0) is 0 Å². The third-order valence-electron chi connectivity index (χ3n) is 1.77. The van der Waals surface area contributed by atoms with Crippen LogP contribution in [0, 0.1) is 6.92 Å². The Bertz CT molecular complexity index is 339. The van der Waals surface area contributed by atoms with E-state index in [-0.39, 0.29) is 5.91 Å². The third-order valence-corrected chi connectivity index (χ3v) is 2.08. The topological polar surface area (TPSA) is 42.0 Å². The number of nitrogens with one attached hydrogen (secondary N) is 1. The van der Waals surface area contributed by atoms with E-state index < -0.39 is 0 Å². The molecule has 3 nitrogen and oxygen atoms in total. The standard InChI is InChI=1S/C10H13ClN2O/c1-3-4-12-10(14)8-6-13-7(2)5-9(8)11/h5-6H,3-4H2,1-2H3,(H,12,14). The zero-order chi connectivity index (χ0) is 10.6. The lowest BCUT2D eigenvalue weighted by atomic mass is 10.2. The van der Waals surface area contributed by atoms with Crippen molar-refractivity contribution in [2.24, 2.45) is 0 Å². The highest BCUT2D eigenvalue weighted by Crippen LogP contribution is 2.15. The number of halogens is 1. The lowest BCUT2D eigenvalue weighted by molar-refractivity contribution is 0.0953. The second-order valence-electron chi connectivity index (χ2n) is 3.06. The zero-order valence-electron chi connectivity index (χ0n) is 8.30. The second-order valence-corrected chi connectivity index (χ2v) is 3.47. The highest BCUT2D eigenvalue weighted by Gasteiger charge is 2.09. The van der Waals surface area contributed by atoms with E-state index in [4.69, 9.17) is 11.6 Å². The van der Waals surface area contributed by atoms with Crippen LogP contribution in [0.4, 0.5) is 0 Å². The van der Waals surface area contributed by atoms with Gasteiger partial charge < -0.3 is 5.32 Å². The van der Waals surface area contributed by atoms with E-state index in [0.717, 1.165) is 12.1 Å². The summed E-state index contributed by atoms with van der Waals surface area (Å²) in [7, 11) is 0. The summed E-state index contributed by atoms with van der Waals surface area (Å²) < 4.78 is 0. The first-order valence-corrected chi connectivity index (χ1v) is 4.93. The number of nitrogens with zero attached hydrogens (tertiary/aromatic N) is 1. The van der Waals surface area contributed by atoms with Gasteiger partial charge in [-0.25, -0.2) is 0 Å². The van der Waals surface area contributed by atoms with Gasteiger partial charge in [-0.15, -0.1) is 0 Å². The van der Waals surface area contributed by atoms with Gasteiger partial charge in [-0.05, 0) is 19.4 Å². The molecule has 0 radical (unpaired) electrons. The number of aromatic nitrogens is 1. The van der Waals surface area contributed by atoms with Crippen LogP contribution < -0.4 is 5.32 Å². The molecule has 1 aromatic rings. The highest BCUT2D eigenvalue weighted by atomic mass is 35.5. The minimum Gasteiger partial charge on any atom is -0.352 e. The van der Waals surface area contributed by atoms with Gasteiger partial charge in [-0.2, -0.15) is 0 Å². The molecule has 0 saturated carbocycles. The van der Waals surface area contributed by atoms with Gasteiger partial charge in [0, 0.05) is 18.4 Å². The lowest BCUT2D eigenvalue weighted by Crippen LogP contribution is -2.24. The molecule has 1 heterocycles. The van der Waals surface area contributed by atoms with E-state index in [0.29, 0.717) is 17.1 Å². The van der Waals surface area contributed by atoms with Gasteiger partial charge in [0.05, 0.1) is 10.6 Å². The summed E-state index contributed by atoms with van der Waals surface area (Å²) in [6, 6.07) is 1.68. The molecular formula is C10H13ClN2O. The maximum absolute atomic E-state index is 11.5. The molecule has 0 aliphatic rings. The van der Waals surface area contributed by atoms with Gasteiger partial charge in [-0.3, -0.25) is 9.78 Å². The molecular weight excluding hydrogens is 200 g/mol. The van der Waals surface area contributed by atoms with E-state index in [1.54, 1.807) is 6.07 Å². The predicted octanol–water partition coefficient (Wildman–Crippen LogP) is 2.18. The van der Waals surface area contributed by atoms with Crippen LogP contribution in [0.2, 0.25) is 5.02 Å². The molecule has 0 fully saturated rings. The van der Waals surface area contributed by atoms with E-state index >= 15 is 0 Å². The first-order chi connectivity index (χ1) is 6.65. The number of amides is 1. The van der Waals surface area contributed by atoms with E-state index in [1.807, 2.05) is 13.8 Å². The molecule has 0 aliphatic heterocycles. The van der Waals surface area contributed by atoms with Crippen molar-refractivity contribution in [3.05, 3.63) is 28.5 Å². The van der Waals surface area contributed by atoms with Crippen LogP contribution in [0.5, 0.6) is 0 Å². The van der Waals surface area contributed by atoms with Gasteiger partial charge in [0.25, 0.3) is 5.91 Å². The molecule has 76 valence electrons. The zero-order valence-corrected chi connectivity index (χ0v) is 9.06. The third kappa shape index (κ3) is 2.70. The molecule has 0 bridgehead atoms. The maximum Gasteiger partial charge on any atom is 0.254 e. The van der Waals surface area contributed by atoms with Crippen molar-refractivity contribution >= 4 is 17.5 Å². The molecule has 1 N–H and O–H groups in total. The summed E-state index contributed by atoms with van der Waals surface area (Å²) in [5, 5.41) is 3.20. The second kappa shape index (κ2) is 4.96. The fourth-order valence-electron chi connectivity index (χ4n) is 1.03. The average Bonchev–Trinajstić information content (AvgIpc) is 2.14. The maximum atomic E-state index is 11.5. The van der Waals surface area contributed by atoms with Crippen LogP contribution >= 0.6 is 11.6 Å². The first-order valence-electron chi connectivity index (χ1n) is 4.55. The van der Waals surface area contributed by atoms with Gasteiger partial charge in [-0.1, -0.05) is 18.5 Å². The molecule has 0 saturated heterocycles. The smallest absolute Gasteiger partial charge is 0.254 e. The van der Waals surface area contributed by atoms with Crippen molar-refractivity contribution in [3.63, 3.8) is 0 Å². The van der Waals surface area contributed by atoms with E-state index in [1.165, 1.54) is 6.20 Å². The molecule has 1 amide bonds. The van der Waals surface area contributed by atoms with E-state index in [9.17, 15) is 4.79 Å². The minimum absolute atomic E-state index is 0.163. The Balaban J connectivity index is 2.80. The lowest BCUT2D eigenvalue weighted by Gasteiger charge is -2.05. The van der Waals surface area contributed by atoms with Gasteiger partial charge >= 0.3 is 0 Å². The Labute approximate surface area is 88.5 Å². The van der Waals surface area contributed by atoms with Gasteiger partial charge in [0.2, 0.25) is 0 Å². The van der Waals surface area contributed by atoms with Crippen molar-refractivity contribution in [2.75, 3.05) is 6.54 Å². The Kier molecular flexibility index (Phi) is 3.89. The summed E-state index contributed by atoms with van der Waals surface area (Å²) in [5.41, 5.74) is 1.24. The summed E-state index contributed by atoms with van der Waals surface area (Å²) in [6.45, 7) is 4.48. The first kappa shape index (κ1) is 11.0. The highest BCUT2D eigenvalue weighted by molar-refractivity contribution is 6.33. The molecule has 0 atom stereocenters. The fourth-order valence-corrected chi connectivity index (χ4v) is 1.32. The number of pyridine rings is 1. The number of carbonyl (C=O) groups is 1. The van der Waals surface area contributed by atoms with Crippen molar-refractivity contribution in [3.8, 4) is 0 Å². The summed E-state index contributed by atoms with van der Waals surface area (Å²) >= 11 is 5.90. The van der Waals surface area contributed by atoms with Crippen LogP contribution in [0.25, 0.3) is 0 Å². The SMILES string of the molecule is CCCNC(=O)c1cnc(C)cc1Cl. The number of hydrogen-bond donors (Lipinski definition) is 1. The van der Waals surface area contributed by atoms with Crippen molar-refractivity contribution < 1.29 is 4.79 Å². The van der Waals surface area contributed by atoms with E-state index in [2.05, 4.69) is 10.3 Å². The summed E-state index contributed by atoms with van der Waals surface area (Å²) in [6.07, 6.45) is 2.41. The molecule has 1 rings (SSSR count). The molecule has 4 heteroatoms. The number of carbonyl (C=O) groups excluding carboxylic acids is 1. The summed E-state index contributed by atoms with van der Waals surface area (Å²) in [5.74, 6) is -0.163. The number of rotatable bonds is 3. The van der Waals surface area contributed by atoms with Gasteiger partial charge in [0.15, 0.2) is 0 Å². The van der Waals surface area contributed by atoms with Crippen LogP contribution in [0.3, 0.4) is 0 Å². The molecule has 1 aromatic heterocycles. The largest absolute Gasteiger partial charge is 0.352 e. The molecule has 0 aliphatic carbocycles. The monoisotopic (exact) mass is 212 g/mol. The Morgan fingerprint density at radius 2 is 2.36 bits per heavy atom. The minimum atomic E-state index is -0.163. The van der Waals surface area contributed by atoms with Crippen LogP contribution in [0.1, 0.15) is 29.4 Å². The molecule has 0 spiro atoms. The average molecular weight is 213 g/mol. The van der Waals surface area contributed by atoms with Gasteiger partial charge in [0.1, 0.15) is 0 Å².